The number of hydrogen-bond donors (Lipinski definition) is 1. The fourth-order valence-corrected chi connectivity index (χ4v) is 8.84. The summed E-state index contributed by atoms with van der Waals surface area (Å²) in [5, 5.41) is 11.2. The molecule has 0 saturated carbocycles. The summed E-state index contributed by atoms with van der Waals surface area (Å²) in [5.74, 6) is -0.709. The van der Waals surface area contributed by atoms with E-state index in [2.05, 4.69) is 48.5 Å². The lowest BCUT2D eigenvalue weighted by atomic mass is 9.81. The van der Waals surface area contributed by atoms with Gasteiger partial charge in [-0.15, -0.1) is 0 Å². The summed E-state index contributed by atoms with van der Waals surface area (Å²) in [6, 6.07) is 32.3. The Morgan fingerprint density at radius 3 is 2.13 bits per heavy atom. The third kappa shape index (κ3) is 9.75. The van der Waals surface area contributed by atoms with Gasteiger partial charge in [0.15, 0.2) is 12.2 Å². The zero-order chi connectivity index (χ0) is 42.2. The van der Waals surface area contributed by atoms with Crippen LogP contribution in [0.2, 0.25) is 0 Å². The predicted molar refractivity (Wildman–Crippen MR) is 231 cm³/mol. The molecule has 2 bridgehead atoms. The zero-order valence-corrected chi connectivity index (χ0v) is 35.2. The molecule has 4 heterocycles. The number of allylic oxidation sites excluding steroid dienone is 1. The third-order valence-corrected chi connectivity index (χ3v) is 12.2. The molecule has 0 unspecified atom stereocenters. The summed E-state index contributed by atoms with van der Waals surface area (Å²) in [6.07, 6.45) is 3.13. The van der Waals surface area contributed by atoms with Crippen LogP contribution in [0.15, 0.2) is 117 Å². The van der Waals surface area contributed by atoms with E-state index in [1.807, 2.05) is 57.2 Å². The summed E-state index contributed by atoms with van der Waals surface area (Å²) in [5.41, 5.74) is 5.20. The number of rotatable bonds is 11. The highest BCUT2D eigenvalue weighted by molar-refractivity contribution is 5.90. The summed E-state index contributed by atoms with van der Waals surface area (Å²) in [7, 11) is 1.54. The molecule has 0 aliphatic carbocycles. The predicted octanol–water partition coefficient (Wildman–Crippen LogP) is 9.31. The topological polar surface area (TPSA) is 122 Å². The first-order valence-electron chi connectivity index (χ1n) is 21.2. The van der Waals surface area contributed by atoms with Gasteiger partial charge in [0, 0.05) is 36.5 Å². The molecule has 0 radical (unpaired) electrons. The Balaban J connectivity index is 1.36. The van der Waals surface area contributed by atoms with Gasteiger partial charge in [0.2, 0.25) is 0 Å². The number of methoxy groups -OCH3 is 1. The van der Waals surface area contributed by atoms with Crippen molar-refractivity contribution >= 4 is 22.9 Å². The molecular weight excluding hydrogens is 757 g/mol. The molecule has 3 aliphatic heterocycles. The molecule has 314 valence electrons. The quantitative estimate of drug-likeness (QED) is 0.0790. The van der Waals surface area contributed by atoms with Gasteiger partial charge in [-0.2, -0.15) is 0 Å². The Labute approximate surface area is 352 Å². The van der Waals surface area contributed by atoms with Crippen LogP contribution in [0.4, 0.5) is 0 Å². The average molecular weight is 813 g/mol. The van der Waals surface area contributed by atoms with Crippen molar-refractivity contribution in [3.8, 4) is 5.75 Å². The number of hydrogen-bond acceptors (Lipinski definition) is 9. The van der Waals surface area contributed by atoms with Crippen LogP contribution in [0.1, 0.15) is 97.9 Å². The fraction of sp³-hybridized carbons (Fsp3) is 0.392. The molecule has 4 aromatic carbocycles. The first kappa shape index (κ1) is 42.6. The number of aliphatic hydroxyl groups is 1. The number of benzene rings is 4. The summed E-state index contributed by atoms with van der Waals surface area (Å²) < 4.78 is 31.6. The van der Waals surface area contributed by atoms with E-state index in [0.717, 1.165) is 41.5 Å². The molecule has 9 heteroatoms. The Bertz CT molecular complexity index is 2360. The highest BCUT2D eigenvalue weighted by Crippen LogP contribution is 2.49. The van der Waals surface area contributed by atoms with Crippen molar-refractivity contribution in [3.05, 3.63) is 158 Å². The van der Waals surface area contributed by atoms with E-state index in [0.29, 0.717) is 65.5 Å². The van der Waals surface area contributed by atoms with Crippen LogP contribution in [0.5, 0.6) is 5.75 Å². The van der Waals surface area contributed by atoms with Crippen LogP contribution in [0.3, 0.4) is 0 Å². The van der Waals surface area contributed by atoms with Gasteiger partial charge in [0.1, 0.15) is 16.9 Å². The van der Waals surface area contributed by atoms with Crippen molar-refractivity contribution < 1.29 is 38.1 Å². The van der Waals surface area contributed by atoms with Gasteiger partial charge < -0.3 is 28.5 Å². The highest BCUT2D eigenvalue weighted by Gasteiger charge is 2.53. The van der Waals surface area contributed by atoms with Crippen LogP contribution < -0.4 is 10.4 Å². The minimum atomic E-state index is -1.21. The van der Waals surface area contributed by atoms with E-state index < -0.39 is 42.0 Å². The molecule has 1 N–H and O–H groups in total. The highest BCUT2D eigenvalue weighted by atomic mass is 16.6. The molecule has 8 rings (SSSR count). The number of aliphatic hydroxyl groups excluding tert-OH is 1. The summed E-state index contributed by atoms with van der Waals surface area (Å²) in [4.78, 5) is 42.9. The van der Waals surface area contributed by atoms with Crippen LogP contribution in [0, 0.1) is 5.92 Å². The van der Waals surface area contributed by atoms with Crippen molar-refractivity contribution in [2.24, 2.45) is 5.92 Å². The molecule has 0 fully saturated rings. The Kier molecular flexibility index (Phi) is 13.7. The molecule has 0 saturated heterocycles. The molecular formula is C51H56O9. The van der Waals surface area contributed by atoms with Crippen molar-refractivity contribution in [1.82, 2.24) is 0 Å². The van der Waals surface area contributed by atoms with Gasteiger partial charge in [0.05, 0.1) is 18.8 Å². The molecule has 9 nitrogen and oxygen atoms in total. The van der Waals surface area contributed by atoms with Crippen molar-refractivity contribution in [2.75, 3.05) is 13.7 Å². The van der Waals surface area contributed by atoms with E-state index in [1.54, 1.807) is 19.2 Å². The minimum absolute atomic E-state index is 0.0684. The Hall–Kier alpha value is -5.51. The Morgan fingerprint density at radius 1 is 0.783 bits per heavy atom. The largest absolute Gasteiger partial charge is 0.483 e. The summed E-state index contributed by atoms with van der Waals surface area (Å²) in [6.45, 7) is 5.51. The molecule has 0 amide bonds. The lowest BCUT2D eigenvalue weighted by Crippen LogP contribution is -2.54. The lowest BCUT2D eigenvalue weighted by Gasteiger charge is -2.45. The molecule has 5 aromatic rings. The van der Waals surface area contributed by atoms with Gasteiger partial charge in [-0.25, -0.2) is 9.59 Å². The van der Waals surface area contributed by atoms with Crippen molar-refractivity contribution in [3.63, 3.8) is 0 Å². The maximum atomic E-state index is 14.6. The van der Waals surface area contributed by atoms with Gasteiger partial charge in [-0.1, -0.05) is 90.5 Å². The summed E-state index contributed by atoms with van der Waals surface area (Å²) >= 11 is 0. The lowest BCUT2D eigenvalue weighted by molar-refractivity contribution is -0.192. The number of carbonyl (C=O) groups excluding carboxylic acids is 2. The van der Waals surface area contributed by atoms with E-state index in [-0.39, 0.29) is 30.9 Å². The minimum Gasteiger partial charge on any atom is -0.483 e. The number of aryl methyl sites for hydroxylation is 3. The van der Waals surface area contributed by atoms with Crippen LogP contribution in [-0.4, -0.2) is 42.5 Å². The second-order valence-electron chi connectivity index (χ2n) is 16.7. The van der Waals surface area contributed by atoms with Gasteiger partial charge in [-0.05, 0) is 118 Å². The van der Waals surface area contributed by atoms with E-state index in [9.17, 15) is 19.5 Å². The molecule has 4 atom stereocenters. The number of esters is 2. The molecule has 3 aliphatic rings. The number of fused-ring (bicyclic) bond motifs is 13. The molecule has 60 heavy (non-hydrogen) atoms. The second kappa shape index (κ2) is 19.3. The first-order chi connectivity index (χ1) is 29.1. The van der Waals surface area contributed by atoms with E-state index in [1.165, 1.54) is 5.56 Å². The molecule has 1 aromatic heterocycles. The van der Waals surface area contributed by atoms with E-state index in [4.69, 9.17) is 23.4 Å². The monoisotopic (exact) mass is 812 g/mol. The first-order valence-corrected chi connectivity index (χ1v) is 21.2. The number of ether oxygens (including phenoxy) is 4. The SMILES string of the molecule is COCCc1c(CO)c2ccc3c(c2oc1=O)[C@H]1OC(=O)C[C@H](CCc2ccccc2)Cc2ccc(cc2)CCC(=C(C)C)C(=O)O[C@@H]1[C@](C)(CCCc1ccccc1)O3. The molecule has 0 spiro atoms. The van der Waals surface area contributed by atoms with Crippen LogP contribution in [0.25, 0.3) is 11.0 Å². The zero-order valence-electron chi connectivity index (χ0n) is 35.2. The normalized spacial score (nSPS) is 20.8. The maximum absolute atomic E-state index is 14.6. The van der Waals surface area contributed by atoms with Crippen molar-refractivity contribution in [2.45, 2.75) is 109 Å². The average Bonchev–Trinajstić information content (AvgIpc) is 3.24. The van der Waals surface area contributed by atoms with Crippen LogP contribution in [-0.2, 0) is 62.5 Å². The number of carbonyl (C=O) groups is 2. The smallest absolute Gasteiger partial charge is 0.339 e. The van der Waals surface area contributed by atoms with Crippen molar-refractivity contribution in [1.29, 1.82) is 0 Å². The maximum Gasteiger partial charge on any atom is 0.339 e. The van der Waals surface area contributed by atoms with Gasteiger partial charge in [-0.3, -0.25) is 4.79 Å². The van der Waals surface area contributed by atoms with Gasteiger partial charge >= 0.3 is 17.6 Å². The van der Waals surface area contributed by atoms with Gasteiger partial charge in [0.25, 0.3) is 0 Å². The third-order valence-electron chi connectivity index (χ3n) is 12.2. The van der Waals surface area contributed by atoms with Crippen LogP contribution >= 0.6 is 0 Å². The fourth-order valence-electron chi connectivity index (χ4n) is 8.84. The second-order valence-corrected chi connectivity index (χ2v) is 16.7. The van der Waals surface area contributed by atoms with E-state index >= 15 is 0 Å². The Morgan fingerprint density at radius 2 is 1.47 bits per heavy atom. The standard InChI is InChI=1S/C51H56O9/c1-33(2)39-24-23-36-17-20-37(21-18-36)30-38(22-19-35-14-9-6-10-15-35)31-44(53)57-47-45-43(26-25-40-42(32-52)41(27-29-56-4)50(55)58-46(40)45)60-51(3,48(47)59-49(39)54)28-11-16-34-12-7-5-8-13-34/h5-10,12-15,17-18,20-21,25-26,38,47-48,52H,11,16,19,22-24,27-32H2,1-4H3/t38-,47-,48+,51+/m1/s1.